The average molecular weight is 645 g/mol. The van der Waals surface area contributed by atoms with Crippen LogP contribution in [0.5, 0.6) is 17.4 Å². The number of pyridine rings is 1. The molecule has 1 amide bonds. The number of amides is 1. The standard InChI is InChI=1S/C26H25BrN6O7S/c1-41(36,37)30-9-8-28-26(35)40-24-19(18-4-2-3-5-20(18)27)10-15-12-29-25(33-23(15)32-24)31-16-6-7-21-22(11-16)39-17(13-34)14-38-21/h2-7,10-12,17,30,34H,8-9,13-14H2,1H3,(H,28,35)(H,29,31,32,33). The summed E-state index contributed by atoms with van der Waals surface area (Å²) in [5, 5.41) is 15.6. The van der Waals surface area contributed by atoms with Gasteiger partial charge >= 0.3 is 6.09 Å². The Kier molecular flexibility index (Phi) is 8.49. The number of nitrogens with one attached hydrogen (secondary N) is 3. The molecule has 0 saturated carbocycles. The van der Waals surface area contributed by atoms with Crippen molar-refractivity contribution in [3.63, 3.8) is 0 Å². The quantitative estimate of drug-likeness (QED) is 0.197. The molecule has 13 nitrogen and oxygen atoms in total. The zero-order chi connectivity index (χ0) is 29.0. The first kappa shape index (κ1) is 28.5. The van der Waals surface area contributed by atoms with Crippen molar-refractivity contribution in [1.82, 2.24) is 25.0 Å². The molecular formula is C26H25BrN6O7S. The summed E-state index contributed by atoms with van der Waals surface area (Å²) in [6.07, 6.45) is 1.35. The predicted octanol–water partition coefficient (Wildman–Crippen LogP) is 2.97. The van der Waals surface area contributed by atoms with Crippen LogP contribution in [0, 0.1) is 0 Å². The second-order valence-electron chi connectivity index (χ2n) is 8.93. The number of ether oxygens (including phenoxy) is 3. The molecule has 0 radical (unpaired) electrons. The van der Waals surface area contributed by atoms with Crippen molar-refractivity contribution in [3.8, 4) is 28.5 Å². The van der Waals surface area contributed by atoms with Gasteiger partial charge in [0.15, 0.2) is 23.3 Å². The fourth-order valence-electron chi connectivity index (χ4n) is 3.90. The molecule has 1 aliphatic rings. The van der Waals surface area contributed by atoms with E-state index in [9.17, 15) is 18.3 Å². The lowest BCUT2D eigenvalue weighted by Gasteiger charge is -2.25. The monoisotopic (exact) mass is 644 g/mol. The molecule has 1 aliphatic heterocycles. The van der Waals surface area contributed by atoms with Gasteiger partial charge in [0.1, 0.15) is 6.61 Å². The van der Waals surface area contributed by atoms with Crippen LogP contribution >= 0.6 is 15.9 Å². The molecule has 4 aromatic rings. The van der Waals surface area contributed by atoms with E-state index in [1.165, 1.54) is 0 Å². The number of rotatable bonds is 9. The van der Waals surface area contributed by atoms with Gasteiger partial charge in [-0.05, 0) is 24.3 Å². The van der Waals surface area contributed by atoms with Gasteiger partial charge in [0.25, 0.3) is 0 Å². The highest BCUT2D eigenvalue weighted by Gasteiger charge is 2.21. The summed E-state index contributed by atoms with van der Waals surface area (Å²) in [4.78, 5) is 26.0. The Morgan fingerprint density at radius 1 is 1.12 bits per heavy atom. The Hall–Kier alpha value is -4.05. The smallest absolute Gasteiger partial charge is 0.414 e. The maximum Gasteiger partial charge on any atom is 0.414 e. The van der Waals surface area contributed by atoms with E-state index in [2.05, 4.69) is 46.2 Å². The summed E-state index contributed by atoms with van der Waals surface area (Å²) in [5.74, 6) is 1.27. The van der Waals surface area contributed by atoms with Crippen LogP contribution in [-0.2, 0) is 10.0 Å². The van der Waals surface area contributed by atoms with Gasteiger partial charge in [-0.3, -0.25) is 0 Å². The Balaban J connectivity index is 1.41. The molecule has 4 N–H and O–H groups in total. The molecule has 214 valence electrons. The third-order valence-electron chi connectivity index (χ3n) is 5.77. The first-order valence-corrected chi connectivity index (χ1v) is 15.0. The number of aliphatic hydroxyl groups excluding tert-OH is 1. The Morgan fingerprint density at radius 2 is 1.95 bits per heavy atom. The molecule has 0 fully saturated rings. The largest absolute Gasteiger partial charge is 0.486 e. The van der Waals surface area contributed by atoms with E-state index in [0.717, 1.165) is 16.3 Å². The minimum atomic E-state index is -3.39. The Bertz CT molecular complexity index is 1710. The van der Waals surface area contributed by atoms with Crippen LogP contribution in [0.2, 0.25) is 0 Å². The van der Waals surface area contributed by atoms with Gasteiger partial charge in [0.2, 0.25) is 21.9 Å². The van der Waals surface area contributed by atoms with Crippen LogP contribution in [0.4, 0.5) is 16.4 Å². The van der Waals surface area contributed by atoms with Crippen LogP contribution in [0.3, 0.4) is 0 Å². The summed E-state index contributed by atoms with van der Waals surface area (Å²) < 4.78 is 42.4. The number of halogens is 1. The van der Waals surface area contributed by atoms with Gasteiger partial charge < -0.3 is 30.0 Å². The number of carbonyl (C=O) groups is 1. The number of benzene rings is 2. The predicted molar refractivity (Wildman–Crippen MR) is 154 cm³/mol. The molecule has 3 heterocycles. The van der Waals surface area contributed by atoms with Gasteiger partial charge in [-0.1, -0.05) is 34.1 Å². The van der Waals surface area contributed by atoms with Crippen molar-refractivity contribution >= 4 is 54.7 Å². The van der Waals surface area contributed by atoms with E-state index in [1.807, 2.05) is 24.3 Å². The van der Waals surface area contributed by atoms with Gasteiger partial charge in [-0.25, -0.2) is 22.9 Å². The first-order chi connectivity index (χ1) is 19.7. The van der Waals surface area contributed by atoms with Gasteiger partial charge in [0.05, 0.1) is 12.9 Å². The van der Waals surface area contributed by atoms with Crippen molar-refractivity contribution in [2.75, 3.05) is 37.9 Å². The first-order valence-electron chi connectivity index (χ1n) is 12.3. The van der Waals surface area contributed by atoms with Gasteiger partial charge in [0, 0.05) is 52.0 Å². The molecule has 15 heteroatoms. The van der Waals surface area contributed by atoms with Gasteiger partial charge in [-0.15, -0.1) is 0 Å². The lowest BCUT2D eigenvalue weighted by atomic mass is 10.1. The van der Waals surface area contributed by atoms with E-state index in [1.54, 1.807) is 30.5 Å². The van der Waals surface area contributed by atoms with E-state index < -0.39 is 22.2 Å². The zero-order valence-corrected chi connectivity index (χ0v) is 24.0. The minimum absolute atomic E-state index is 0.00105. The van der Waals surface area contributed by atoms with Crippen molar-refractivity contribution in [3.05, 3.63) is 59.2 Å². The lowest BCUT2D eigenvalue weighted by molar-refractivity contribution is 0.0457. The number of carbonyl (C=O) groups excluding carboxylic acids is 1. The normalized spacial score (nSPS) is 14.5. The number of anilines is 2. The SMILES string of the molecule is CS(=O)(=O)NCCNC(=O)Oc1nc2nc(Nc3ccc4c(c3)OC(CO)CO4)ncc2cc1-c1ccccc1Br. The highest BCUT2D eigenvalue weighted by molar-refractivity contribution is 9.10. The van der Waals surface area contributed by atoms with E-state index in [-0.39, 0.29) is 43.8 Å². The van der Waals surface area contributed by atoms with Crippen LogP contribution in [-0.4, -0.2) is 73.2 Å². The van der Waals surface area contributed by atoms with Crippen molar-refractivity contribution in [1.29, 1.82) is 0 Å². The number of nitrogens with zero attached hydrogens (tertiary/aromatic N) is 3. The second kappa shape index (κ2) is 12.2. The number of fused-ring (bicyclic) bond motifs is 2. The average Bonchev–Trinajstić information content (AvgIpc) is 2.94. The summed E-state index contributed by atoms with van der Waals surface area (Å²) in [6, 6.07) is 14.4. The summed E-state index contributed by atoms with van der Waals surface area (Å²) in [7, 11) is -3.39. The summed E-state index contributed by atoms with van der Waals surface area (Å²) in [6.45, 7) is 0.100. The third-order valence-corrected chi connectivity index (χ3v) is 7.19. The fourth-order valence-corrected chi connectivity index (χ4v) is 4.87. The van der Waals surface area contributed by atoms with Gasteiger partial charge in [-0.2, -0.15) is 9.97 Å². The molecule has 1 atom stereocenters. The molecular weight excluding hydrogens is 620 g/mol. The minimum Gasteiger partial charge on any atom is -0.486 e. The highest BCUT2D eigenvalue weighted by atomic mass is 79.9. The number of aromatic nitrogens is 3. The molecule has 41 heavy (non-hydrogen) atoms. The second-order valence-corrected chi connectivity index (χ2v) is 11.6. The number of hydrogen-bond acceptors (Lipinski definition) is 11. The van der Waals surface area contributed by atoms with Crippen LogP contribution in [0.15, 0.2) is 59.2 Å². The molecule has 2 aromatic carbocycles. The topological polar surface area (TPSA) is 174 Å². The number of sulfonamides is 1. The van der Waals surface area contributed by atoms with E-state index >= 15 is 0 Å². The van der Waals surface area contributed by atoms with Crippen LogP contribution in [0.1, 0.15) is 0 Å². The van der Waals surface area contributed by atoms with Crippen molar-refractivity contribution < 1.29 is 32.5 Å². The number of hydrogen-bond donors (Lipinski definition) is 4. The van der Waals surface area contributed by atoms with E-state index in [4.69, 9.17) is 14.2 Å². The highest BCUT2D eigenvalue weighted by Crippen LogP contribution is 2.37. The summed E-state index contributed by atoms with van der Waals surface area (Å²) >= 11 is 3.53. The van der Waals surface area contributed by atoms with E-state index in [0.29, 0.717) is 28.1 Å². The molecule has 0 bridgehead atoms. The summed E-state index contributed by atoms with van der Waals surface area (Å²) in [5.41, 5.74) is 2.12. The molecule has 5 rings (SSSR count). The molecule has 0 aliphatic carbocycles. The van der Waals surface area contributed by atoms with Crippen LogP contribution in [0.25, 0.3) is 22.2 Å². The van der Waals surface area contributed by atoms with Crippen molar-refractivity contribution in [2.45, 2.75) is 6.10 Å². The molecule has 0 spiro atoms. The molecule has 0 saturated heterocycles. The maximum absolute atomic E-state index is 12.6. The third kappa shape index (κ3) is 7.18. The zero-order valence-electron chi connectivity index (χ0n) is 21.6. The Morgan fingerprint density at radius 3 is 2.73 bits per heavy atom. The van der Waals surface area contributed by atoms with Crippen LogP contribution < -0.4 is 29.6 Å². The number of aliphatic hydroxyl groups is 1. The molecule has 1 unspecified atom stereocenters. The molecule has 2 aromatic heterocycles. The maximum atomic E-state index is 12.6. The fraction of sp³-hybridized carbons (Fsp3) is 0.231. The Labute approximate surface area is 243 Å². The van der Waals surface area contributed by atoms with Crippen molar-refractivity contribution in [2.24, 2.45) is 0 Å². The lowest BCUT2D eigenvalue weighted by Crippen LogP contribution is -2.35.